The summed E-state index contributed by atoms with van der Waals surface area (Å²) in [6, 6.07) is 15.9. The molecule has 0 fully saturated rings. The van der Waals surface area contributed by atoms with Gasteiger partial charge in [-0.1, -0.05) is 18.2 Å². The third-order valence-corrected chi connectivity index (χ3v) is 4.18. The number of amides is 1. The normalized spacial score (nSPS) is 11.6. The van der Waals surface area contributed by atoms with E-state index in [-0.39, 0.29) is 5.91 Å². The van der Waals surface area contributed by atoms with Gasteiger partial charge in [0.2, 0.25) is 5.91 Å². The van der Waals surface area contributed by atoms with Crippen molar-refractivity contribution in [3.63, 3.8) is 0 Å². The fourth-order valence-electron chi connectivity index (χ4n) is 2.81. The van der Waals surface area contributed by atoms with Gasteiger partial charge in [0.05, 0.1) is 7.11 Å². The lowest BCUT2D eigenvalue weighted by Crippen LogP contribution is -2.20. The fraction of sp³-hybridized carbons (Fsp3) is 0.190. The van der Waals surface area contributed by atoms with E-state index in [1.165, 1.54) is 0 Å². The van der Waals surface area contributed by atoms with Crippen LogP contribution in [-0.4, -0.2) is 18.0 Å². The number of carbonyl (C=O) groups is 1. The van der Waals surface area contributed by atoms with Crippen LogP contribution in [0.4, 0.5) is 0 Å². The summed E-state index contributed by atoms with van der Waals surface area (Å²) in [5.41, 5.74) is 5.24. The van der Waals surface area contributed by atoms with E-state index in [1.807, 2.05) is 50.2 Å². The van der Waals surface area contributed by atoms with Crippen molar-refractivity contribution < 1.29 is 9.53 Å². The molecular weight excluding hydrogens is 312 g/mol. The predicted molar refractivity (Wildman–Crippen MR) is 102 cm³/mol. The third-order valence-electron chi connectivity index (χ3n) is 4.18. The van der Waals surface area contributed by atoms with E-state index in [1.54, 1.807) is 13.2 Å². The van der Waals surface area contributed by atoms with Crippen molar-refractivity contribution in [3.05, 3.63) is 71.4 Å². The van der Waals surface area contributed by atoms with Gasteiger partial charge >= 0.3 is 0 Å². The van der Waals surface area contributed by atoms with Crippen LogP contribution in [0.1, 0.15) is 23.7 Å². The second-order valence-electron chi connectivity index (χ2n) is 6.15. The maximum atomic E-state index is 12.2. The Kier molecular flexibility index (Phi) is 4.89. The maximum absolute atomic E-state index is 12.2. The number of hydrogen-bond acceptors (Lipinski definition) is 2. The third kappa shape index (κ3) is 4.10. The molecule has 0 unspecified atom stereocenters. The molecule has 0 radical (unpaired) electrons. The van der Waals surface area contributed by atoms with E-state index in [0.29, 0.717) is 6.54 Å². The van der Waals surface area contributed by atoms with Gasteiger partial charge in [-0.05, 0) is 66.3 Å². The molecule has 3 rings (SSSR count). The number of rotatable bonds is 5. The van der Waals surface area contributed by atoms with Crippen LogP contribution in [0.2, 0.25) is 0 Å². The smallest absolute Gasteiger partial charge is 0.244 e. The largest absolute Gasteiger partial charge is 0.497 e. The Labute approximate surface area is 147 Å². The second-order valence-corrected chi connectivity index (χ2v) is 6.15. The molecule has 4 nitrogen and oxygen atoms in total. The lowest BCUT2D eigenvalue weighted by molar-refractivity contribution is -0.116. The van der Waals surface area contributed by atoms with Gasteiger partial charge in [-0.2, -0.15) is 0 Å². The number of ether oxygens (including phenoxy) is 1. The number of benzene rings is 2. The molecule has 1 aromatic heterocycles. The van der Waals surface area contributed by atoms with E-state index in [0.717, 1.165) is 39.0 Å². The first-order valence-electron chi connectivity index (χ1n) is 8.24. The quantitative estimate of drug-likeness (QED) is 0.687. The number of carbonyl (C=O) groups excluding carboxylic acids is 1. The van der Waals surface area contributed by atoms with Crippen molar-refractivity contribution in [1.29, 1.82) is 0 Å². The first kappa shape index (κ1) is 16.8. The van der Waals surface area contributed by atoms with Gasteiger partial charge in [0.25, 0.3) is 0 Å². The molecule has 0 aliphatic heterocycles. The van der Waals surface area contributed by atoms with Crippen LogP contribution in [0.3, 0.4) is 0 Å². The summed E-state index contributed by atoms with van der Waals surface area (Å²) in [7, 11) is 1.64. The van der Waals surface area contributed by atoms with Gasteiger partial charge < -0.3 is 15.0 Å². The second kappa shape index (κ2) is 7.26. The van der Waals surface area contributed by atoms with Crippen molar-refractivity contribution in [3.8, 4) is 5.75 Å². The zero-order chi connectivity index (χ0) is 17.8. The van der Waals surface area contributed by atoms with Gasteiger partial charge in [-0.25, -0.2) is 0 Å². The van der Waals surface area contributed by atoms with Crippen LogP contribution >= 0.6 is 0 Å². The number of nitrogens with one attached hydrogen (secondary N) is 2. The van der Waals surface area contributed by atoms with Crippen LogP contribution in [0.5, 0.6) is 5.75 Å². The highest BCUT2D eigenvalue weighted by Gasteiger charge is 2.03. The van der Waals surface area contributed by atoms with Crippen molar-refractivity contribution in [1.82, 2.24) is 10.3 Å². The highest BCUT2D eigenvalue weighted by atomic mass is 16.5. The fourth-order valence-corrected chi connectivity index (χ4v) is 2.81. The Hall–Kier alpha value is -3.01. The summed E-state index contributed by atoms with van der Waals surface area (Å²) in [6.45, 7) is 4.47. The molecule has 0 aliphatic rings. The molecule has 128 valence electrons. The molecule has 0 spiro atoms. The molecule has 1 heterocycles. The number of fused-ring (bicyclic) bond motifs is 1. The molecule has 2 N–H and O–H groups in total. The molecule has 0 atom stereocenters. The first-order chi connectivity index (χ1) is 12.0. The number of methoxy groups -OCH3 is 1. The lowest BCUT2D eigenvalue weighted by atomic mass is 10.1. The van der Waals surface area contributed by atoms with Crippen LogP contribution in [-0.2, 0) is 11.3 Å². The van der Waals surface area contributed by atoms with Gasteiger partial charge in [0, 0.05) is 23.8 Å². The minimum absolute atomic E-state index is 0.0985. The predicted octanol–water partition coefficient (Wildman–Crippen LogP) is 4.20. The Bertz CT molecular complexity index is 921. The molecule has 0 saturated carbocycles. The van der Waals surface area contributed by atoms with Crippen molar-refractivity contribution in [2.24, 2.45) is 0 Å². The van der Waals surface area contributed by atoms with Crippen molar-refractivity contribution >= 4 is 22.4 Å². The standard InChI is InChI=1S/C21H22N2O2/c1-14(17-5-7-19(25-3)8-6-17)10-21(24)22-13-16-4-9-20-18(12-16)11-15(2)23-20/h4-12,23H,13H2,1-3H3,(H,22,24)/b14-10+. The molecule has 2 aromatic carbocycles. The zero-order valence-electron chi connectivity index (χ0n) is 14.7. The van der Waals surface area contributed by atoms with E-state index in [4.69, 9.17) is 4.74 Å². The summed E-state index contributed by atoms with van der Waals surface area (Å²) in [5.74, 6) is 0.704. The summed E-state index contributed by atoms with van der Waals surface area (Å²) >= 11 is 0. The van der Waals surface area contributed by atoms with E-state index >= 15 is 0 Å². The summed E-state index contributed by atoms with van der Waals surface area (Å²) in [6.07, 6.45) is 1.63. The molecule has 25 heavy (non-hydrogen) atoms. The molecule has 0 saturated heterocycles. The number of aryl methyl sites for hydroxylation is 1. The van der Waals surface area contributed by atoms with E-state index < -0.39 is 0 Å². The van der Waals surface area contributed by atoms with E-state index in [2.05, 4.69) is 22.4 Å². The van der Waals surface area contributed by atoms with Gasteiger partial charge in [-0.3, -0.25) is 4.79 Å². The number of hydrogen-bond donors (Lipinski definition) is 2. The average molecular weight is 334 g/mol. The Balaban J connectivity index is 1.64. The highest BCUT2D eigenvalue weighted by molar-refractivity contribution is 5.94. The van der Waals surface area contributed by atoms with Gasteiger partial charge in [0.1, 0.15) is 5.75 Å². The zero-order valence-corrected chi connectivity index (χ0v) is 14.7. The SMILES string of the molecule is COc1ccc(/C(C)=C/C(=O)NCc2ccc3[nH]c(C)cc3c2)cc1. The Morgan fingerprint density at radius 1 is 1.16 bits per heavy atom. The number of aromatic amines is 1. The highest BCUT2D eigenvalue weighted by Crippen LogP contribution is 2.18. The number of allylic oxidation sites excluding steroid dienone is 1. The molecular formula is C21H22N2O2. The lowest BCUT2D eigenvalue weighted by Gasteiger charge is -2.06. The van der Waals surface area contributed by atoms with Crippen LogP contribution < -0.4 is 10.1 Å². The van der Waals surface area contributed by atoms with Crippen LogP contribution in [0.15, 0.2) is 54.6 Å². The molecule has 0 aliphatic carbocycles. The Morgan fingerprint density at radius 3 is 2.64 bits per heavy atom. The molecule has 4 heteroatoms. The number of H-pyrrole nitrogens is 1. The topological polar surface area (TPSA) is 54.1 Å². The Morgan fingerprint density at radius 2 is 1.92 bits per heavy atom. The molecule has 3 aromatic rings. The molecule has 0 bridgehead atoms. The minimum Gasteiger partial charge on any atom is -0.497 e. The molecule has 1 amide bonds. The number of aromatic nitrogens is 1. The first-order valence-corrected chi connectivity index (χ1v) is 8.24. The van der Waals surface area contributed by atoms with Gasteiger partial charge in [0.15, 0.2) is 0 Å². The minimum atomic E-state index is -0.0985. The van der Waals surface area contributed by atoms with E-state index in [9.17, 15) is 4.79 Å². The summed E-state index contributed by atoms with van der Waals surface area (Å²) < 4.78 is 5.15. The van der Waals surface area contributed by atoms with Crippen LogP contribution in [0.25, 0.3) is 16.5 Å². The van der Waals surface area contributed by atoms with Gasteiger partial charge in [-0.15, -0.1) is 0 Å². The van der Waals surface area contributed by atoms with Crippen molar-refractivity contribution in [2.45, 2.75) is 20.4 Å². The summed E-state index contributed by atoms with van der Waals surface area (Å²) in [5, 5.41) is 4.10. The van der Waals surface area contributed by atoms with Crippen LogP contribution in [0, 0.1) is 6.92 Å². The summed E-state index contributed by atoms with van der Waals surface area (Å²) in [4.78, 5) is 15.5. The monoisotopic (exact) mass is 334 g/mol. The van der Waals surface area contributed by atoms with Crippen molar-refractivity contribution in [2.75, 3.05) is 7.11 Å². The average Bonchev–Trinajstić information content (AvgIpc) is 2.99. The maximum Gasteiger partial charge on any atom is 0.244 e.